The molecule has 0 radical (unpaired) electrons. The second kappa shape index (κ2) is 4.69. The third-order valence-corrected chi connectivity index (χ3v) is 2.38. The molecule has 0 saturated carbocycles. The van der Waals surface area contributed by atoms with Crippen molar-refractivity contribution < 1.29 is 0 Å². The van der Waals surface area contributed by atoms with E-state index < -0.39 is 0 Å². The van der Waals surface area contributed by atoms with Crippen molar-refractivity contribution in [1.82, 2.24) is 9.97 Å². The van der Waals surface area contributed by atoms with Crippen LogP contribution in [0.3, 0.4) is 0 Å². The number of H-pyrrole nitrogens is 1. The Bertz CT molecular complexity index is 577. The normalized spacial score (nSPS) is 10.2. The maximum absolute atomic E-state index is 11.2. The molecule has 0 bridgehead atoms. The topological polar surface area (TPSA) is 83.8 Å². The molecule has 0 atom stereocenters. The second-order valence-electron chi connectivity index (χ2n) is 3.77. The lowest BCUT2D eigenvalue weighted by Gasteiger charge is -2.07. The van der Waals surface area contributed by atoms with Gasteiger partial charge in [0.05, 0.1) is 0 Å². The third kappa shape index (κ3) is 2.84. The molecule has 0 saturated heterocycles. The minimum atomic E-state index is -0.166. The fourth-order valence-corrected chi connectivity index (χ4v) is 1.55. The standard InChI is InChI=1S/C12H14N4O/c1-8-15-11(6-12(17)16-8)14-7-9-4-2-3-5-10(9)13/h2-6H,7,13H2,1H3,(H2,14,15,16,17). The van der Waals surface area contributed by atoms with Gasteiger partial charge in [0, 0.05) is 18.3 Å². The summed E-state index contributed by atoms with van der Waals surface area (Å²) in [6.07, 6.45) is 0. The first kappa shape index (κ1) is 11.2. The van der Waals surface area contributed by atoms with Crippen molar-refractivity contribution in [2.24, 2.45) is 0 Å². The van der Waals surface area contributed by atoms with Gasteiger partial charge in [-0.15, -0.1) is 0 Å². The van der Waals surface area contributed by atoms with E-state index in [1.165, 1.54) is 6.07 Å². The zero-order chi connectivity index (χ0) is 12.3. The highest BCUT2D eigenvalue weighted by molar-refractivity contribution is 5.48. The molecular formula is C12H14N4O. The zero-order valence-electron chi connectivity index (χ0n) is 9.53. The predicted molar refractivity (Wildman–Crippen MR) is 67.8 cm³/mol. The van der Waals surface area contributed by atoms with Gasteiger partial charge in [0.2, 0.25) is 0 Å². The molecule has 2 aromatic rings. The van der Waals surface area contributed by atoms with Gasteiger partial charge in [0.1, 0.15) is 11.6 Å². The molecule has 5 nitrogen and oxygen atoms in total. The van der Waals surface area contributed by atoms with Gasteiger partial charge in [-0.3, -0.25) is 4.79 Å². The molecule has 1 aromatic carbocycles. The summed E-state index contributed by atoms with van der Waals surface area (Å²) in [5, 5.41) is 3.07. The highest BCUT2D eigenvalue weighted by atomic mass is 16.1. The number of anilines is 2. The van der Waals surface area contributed by atoms with Gasteiger partial charge >= 0.3 is 0 Å². The lowest BCUT2D eigenvalue weighted by molar-refractivity contribution is 0.998. The average molecular weight is 230 g/mol. The largest absolute Gasteiger partial charge is 0.398 e. The van der Waals surface area contributed by atoms with Crippen LogP contribution in [-0.4, -0.2) is 9.97 Å². The summed E-state index contributed by atoms with van der Waals surface area (Å²) in [5.41, 5.74) is 7.35. The number of nitrogens with two attached hydrogens (primary N) is 1. The Kier molecular flexibility index (Phi) is 3.09. The summed E-state index contributed by atoms with van der Waals surface area (Å²) in [4.78, 5) is 18.0. The minimum Gasteiger partial charge on any atom is -0.398 e. The fraction of sp³-hybridized carbons (Fsp3) is 0.167. The van der Waals surface area contributed by atoms with Crippen LogP contribution in [0, 0.1) is 6.92 Å². The van der Waals surface area contributed by atoms with Crippen molar-refractivity contribution in [3.63, 3.8) is 0 Å². The number of rotatable bonds is 3. The van der Waals surface area contributed by atoms with E-state index in [1.54, 1.807) is 6.92 Å². The maximum atomic E-state index is 11.2. The first-order valence-electron chi connectivity index (χ1n) is 5.30. The predicted octanol–water partition coefficient (Wildman–Crippen LogP) is 1.27. The van der Waals surface area contributed by atoms with Gasteiger partial charge in [0.25, 0.3) is 5.56 Å². The highest BCUT2D eigenvalue weighted by Crippen LogP contribution is 2.11. The van der Waals surface area contributed by atoms with E-state index in [-0.39, 0.29) is 5.56 Å². The minimum absolute atomic E-state index is 0.166. The van der Waals surface area contributed by atoms with Crippen LogP contribution in [0.5, 0.6) is 0 Å². The third-order valence-electron chi connectivity index (χ3n) is 2.38. The van der Waals surface area contributed by atoms with Crippen molar-refractivity contribution in [1.29, 1.82) is 0 Å². The molecular weight excluding hydrogens is 216 g/mol. The van der Waals surface area contributed by atoms with E-state index in [0.717, 1.165) is 11.3 Å². The number of aromatic nitrogens is 2. The molecule has 0 spiro atoms. The van der Waals surface area contributed by atoms with Crippen molar-refractivity contribution in [3.05, 3.63) is 52.1 Å². The van der Waals surface area contributed by atoms with E-state index in [9.17, 15) is 4.79 Å². The number of nitrogens with one attached hydrogen (secondary N) is 2. The van der Waals surface area contributed by atoms with Crippen molar-refractivity contribution in [3.8, 4) is 0 Å². The Labute approximate surface area is 98.7 Å². The van der Waals surface area contributed by atoms with Gasteiger partial charge in [0.15, 0.2) is 0 Å². The van der Waals surface area contributed by atoms with Gasteiger partial charge in [-0.25, -0.2) is 4.98 Å². The molecule has 0 aliphatic rings. The summed E-state index contributed by atoms with van der Waals surface area (Å²) in [6.45, 7) is 2.28. The maximum Gasteiger partial charge on any atom is 0.252 e. The molecule has 88 valence electrons. The Hall–Kier alpha value is -2.30. The molecule has 5 heteroatoms. The molecule has 0 fully saturated rings. The number of hydrogen-bond acceptors (Lipinski definition) is 4. The first-order chi connectivity index (χ1) is 8.15. The molecule has 1 heterocycles. The van der Waals surface area contributed by atoms with Crippen molar-refractivity contribution in [2.75, 3.05) is 11.1 Å². The molecule has 0 aliphatic heterocycles. The summed E-state index contributed by atoms with van der Waals surface area (Å²) >= 11 is 0. The SMILES string of the molecule is Cc1nc(NCc2ccccc2N)cc(=O)[nH]1. The molecule has 2 rings (SSSR count). The molecule has 0 unspecified atom stereocenters. The van der Waals surface area contributed by atoms with Crippen molar-refractivity contribution >= 4 is 11.5 Å². The quantitative estimate of drug-likeness (QED) is 0.693. The Morgan fingerprint density at radius 3 is 2.88 bits per heavy atom. The van der Waals surface area contributed by atoms with Crippen LogP contribution in [0.25, 0.3) is 0 Å². The van der Waals surface area contributed by atoms with Gasteiger partial charge in [-0.1, -0.05) is 18.2 Å². The second-order valence-corrected chi connectivity index (χ2v) is 3.77. The summed E-state index contributed by atoms with van der Waals surface area (Å²) in [7, 11) is 0. The molecule has 1 aromatic heterocycles. The Morgan fingerprint density at radius 1 is 1.41 bits per heavy atom. The number of para-hydroxylation sites is 1. The van der Waals surface area contributed by atoms with Crippen LogP contribution in [0.4, 0.5) is 11.5 Å². The number of nitrogens with zero attached hydrogens (tertiary/aromatic N) is 1. The lowest BCUT2D eigenvalue weighted by Crippen LogP contribution is -2.12. The van der Waals surface area contributed by atoms with Gasteiger partial charge < -0.3 is 16.0 Å². The van der Waals surface area contributed by atoms with E-state index in [1.807, 2.05) is 24.3 Å². The number of hydrogen-bond donors (Lipinski definition) is 3. The van der Waals surface area contributed by atoms with E-state index in [0.29, 0.717) is 18.2 Å². The highest BCUT2D eigenvalue weighted by Gasteiger charge is 2.00. The van der Waals surface area contributed by atoms with Crippen molar-refractivity contribution in [2.45, 2.75) is 13.5 Å². The first-order valence-corrected chi connectivity index (χ1v) is 5.30. The molecule has 17 heavy (non-hydrogen) atoms. The fourth-order valence-electron chi connectivity index (χ4n) is 1.55. The Morgan fingerprint density at radius 2 is 2.18 bits per heavy atom. The van der Waals surface area contributed by atoms with Crippen LogP contribution in [-0.2, 0) is 6.54 Å². The number of benzene rings is 1. The monoisotopic (exact) mass is 230 g/mol. The van der Waals surface area contributed by atoms with Gasteiger partial charge in [-0.05, 0) is 18.6 Å². The smallest absolute Gasteiger partial charge is 0.252 e. The number of aromatic amines is 1. The van der Waals surface area contributed by atoms with E-state index >= 15 is 0 Å². The van der Waals surface area contributed by atoms with Gasteiger partial charge in [-0.2, -0.15) is 0 Å². The van der Waals surface area contributed by atoms with Crippen LogP contribution < -0.4 is 16.6 Å². The van der Waals surface area contributed by atoms with Crippen LogP contribution in [0.1, 0.15) is 11.4 Å². The summed E-state index contributed by atoms with van der Waals surface area (Å²) < 4.78 is 0. The van der Waals surface area contributed by atoms with Crippen LogP contribution >= 0.6 is 0 Å². The van der Waals surface area contributed by atoms with E-state index in [2.05, 4.69) is 15.3 Å². The zero-order valence-corrected chi connectivity index (χ0v) is 9.53. The average Bonchev–Trinajstić information content (AvgIpc) is 2.27. The number of nitrogen functional groups attached to an aromatic ring is 1. The van der Waals surface area contributed by atoms with E-state index in [4.69, 9.17) is 5.73 Å². The number of aryl methyl sites for hydroxylation is 1. The Balaban J connectivity index is 2.13. The summed E-state index contributed by atoms with van der Waals surface area (Å²) in [6, 6.07) is 9.00. The lowest BCUT2D eigenvalue weighted by atomic mass is 10.2. The van der Waals surface area contributed by atoms with Crippen LogP contribution in [0.2, 0.25) is 0 Å². The molecule has 0 amide bonds. The molecule has 4 N–H and O–H groups in total. The molecule has 0 aliphatic carbocycles. The van der Waals surface area contributed by atoms with Crippen LogP contribution in [0.15, 0.2) is 35.1 Å². The summed E-state index contributed by atoms with van der Waals surface area (Å²) in [5.74, 6) is 1.13.